The molecule has 9 heteroatoms. The fourth-order valence-electron chi connectivity index (χ4n) is 1.78. The first-order valence-electron chi connectivity index (χ1n) is 5.28. The van der Waals surface area contributed by atoms with Crippen molar-refractivity contribution in [3.05, 3.63) is 35.0 Å². The van der Waals surface area contributed by atoms with E-state index in [1.54, 1.807) is 12.1 Å². The molecule has 0 fully saturated rings. The summed E-state index contributed by atoms with van der Waals surface area (Å²) in [6, 6.07) is 5.04. The van der Waals surface area contributed by atoms with Crippen LogP contribution in [0.1, 0.15) is 10.4 Å². The third-order valence-corrected chi connectivity index (χ3v) is 3.37. The minimum atomic E-state index is -4.52. The number of halogens is 3. The second kappa shape index (κ2) is 4.28. The van der Waals surface area contributed by atoms with E-state index in [2.05, 4.69) is 14.6 Å². The third kappa shape index (κ3) is 1.90. The third-order valence-electron chi connectivity index (χ3n) is 2.61. The summed E-state index contributed by atoms with van der Waals surface area (Å²) in [5.74, 6) is -0.310. The van der Waals surface area contributed by atoms with Gasteiger partial charge in [-0.1, -0.05) is 4.49 Å². The largest absolute Gasteiger partial charge is 0.430 e. The molecule has 0 unspecified atom stereocenters. The minimum absolute atomic E-state index is 0.284. The summed E-state index contributed by atoms with van der Waals surface area (Å²) < 4.78 is 43.1. The van der Waals surface area contributed by atoms with Gasteiger partial charge in [-0.15, -0.1) is 5.10 Å². The average molecular weight is 295 g/mol. The lowest BCUT2D eigenvalue weighted by atomic mass is 10.2. The second-order valence-electron chi connectivity index (χ2n) is 3.86. The molecular weight excluding hydrogens is 291 g/mol. The highest BCUT2D eigenvalue weighted by Crippen LogP contribution is 2.36. The molecule has 3 heterocycles. The van der Waals surface area contributed by atoms with Crippen LogP contribution in [-0.4, -0.2) is 19.1 Å². The quantitative estimate of drug-likeness (QED) is 0.692. The number of nitriles is 1. The normalized spacial score (nSPS) is 11.7. The number of nitrogens with zero attached hydrogens (tertiary/aromatic N) is 5. The Balaban J connectivity index is 2.22. The van der Waals surface area contributed by atoms with Gasteiger partial charge in [0.1, 0.15) is 11.7 Å². The van der Waals surface area contributed by atoms with Gasteiger partial charge in [0.25, 0.3) is 0 Å². The zero-order valence-electron chi connectivity index (χ0n) is 9.59. The molecule has 0 atom stereocenters. The highest BCUT2D eigenvalue weighted by molar-refractivity contribution is 7.06. The fourth-order valence-corrected chi connectivity index (χ4v) is 2.30. The van der Waals surface area contributed by atoms with Crippen LogP contribution in [0.15, 0.2) is 24.5 Å². The van der Waals surface area contributed by atoms with E-state index in [0.29, 0.717) is 16.6 Å². The van der Waals surface area contributed by atoms with Crippen molar-refractivity contribution in [3.63, 3.8) is 0 Å². The minimum Gasteiger partial charge on any atom is -0.283 e. The first-order chi connectivity index (χ1) is 9.50. The summed E-state index contributed by atoms with van der Waals surface area (Å²) in [5, 5.41) is 12.9. The molecule has 0 amide bonds. The maximum absolute atomic E-state index is 12.8. The van der Waals surface area contributed by atoms with Crippen molar-refractivity contribution < 1.29 is 13.2 Å². The van der Waals surface area contributed by atoms with Crippen LogP contribution in [-0.2, 0) is 6.18 Å². The predicted octanol–water partition coefficient (Wildman–Crippen LogP) is 2.77. The van der Waals surface area contributed by atoms with Crippen LogP contribution < -0.4 is 0 Å². The lowest BCUT2D eigenvalue weighted by Gasteiger charge is -2.06. The average Bonchev–Trinajstić information content (AvgIpc) is 3.02. The highest BCUT2D eigenvalue weighted by atomic mass is 32.1. The van der Waals surface area contributed by atoms with Crippen molar-refractivity contribution in [2.75, 3.05) is 0 Å². The molecule has 20 heavy (non-hydrogen) atoms. The van der Waals surface area contributed by atoms with Crippen LogP contribution in [0.2, 0.25) is 0 Å². The smallest absolute Gasteiger partial charge is 0.283 e. The zero-order valence-corrected chi connectivity index (χ0v) is 10.4. The van der Waals surface area contributed by atoms with E-state index in [4.69, 9.17) is 5.26 Å². The van der Waals surface area contributed by atoms with Crippen molar-refractivity contribution >= 4 is 22.6 Å². The monoisotopic (exact) mass is 295 g/mol. The number of alkyl halides is 3. The van der Waals surface area contributed by atoms with Gasteiger partial charge in [-0.25, -0.2) is 4.98 Å². The van der Waals surface area contributed by atoms with Gasteiger partial charge in [-0.05, 0) is 23.7 Å². The Morgan fingerprint density at radius 3 is 2.85 bits per heavy atom. The lowest BCUT2D eigenvalue weighted by Crippen LogP contribution is -2.08. The number of hydrogen-bond acceptors (Lipinski definition) is 5. The molecule has 0 spiro atoms. The van der Waals surface area contributed by atoms with E-state index < -0.39 is 11.1 Å². The number of fused-ring (bicyclic) bond motifs is 1. The molecule has 100 valence electrons. The first-order valence-corrected chi connectivity index (χ1v) is 6.05. The Morgan fingerprint density at radius 2 is 2.15 bits per heavy atom. The van der Waals surface area contributed by atoms with Crippen molar-refractivity contribution in [1.29, 1.82) is 5.26 Å². The first kappa shape index (κ1) is 12.6. The molecule has 0 aromatic carbocycles. The van der Waals surface area contributed by atoms with Crippen LogP contribution in [0, 0.1) is 11.3 Å². The van der Waals surface area contributed by atoms with E-state index in [1.807, 2.05) is 6.07 Å². The molecule has 3 rings (SSSR count). The van der Waals surface area contributed by atoms with E-state index >= 15 is 0 Å². The van der Waals surface area contributed by atoms with Crippen LogP contribution in [0.3, 0.4) is 0 Å². The molecule has 5 nitrogen and oxygen atoms in total. The molecule has 0 aliphatic rings. The van der Waals surface area contributed by atoms with E-state index in [-0.39, 0.29) is 17.4 Å². The second-order valence-corrected chi connectivity index (χ2v) is 4.61. The number of hydrogen-bond donors (Lipinski definition) is 0. The maximum atomic E-state index is 12.8. The summed E-state index contributed by atoms with van der Waals surface area (Å²) >= 11 is 0.284. The molecule has 0 aliphatic heterocycles. The van der Waals surface area contributed by atoms with Crippen LogP contribution in [0.25, 0.3) is 16.9 Å². The van der Waals surface area contributed by atoms with Crippen molar-refractivity contribution in [2.24, 2.45) is 0 Å². The zero-order chi connectivity index (χ0) is 14.3. The summed E-state index contributed by atoms with van der Waals surface area (Å²) in [5.41, 5.74) is 0.630. The van der Waals surface area contributed by atoms with Crippen LogP contribution in [0.4, 0.5) is 13.2 Å². The molecular formula is C11H4F3N5S. The Kier molecular flexibility index (Phi) is 2.69. The Morgan fingerprint density at radius 1 is 1.35 bits per heavy atom. The summed E-state index contributed by atoms with van der Waals surface area (Å²) in [7, 11) is 0. The van der Waals surface area contributed by atoms with E-state index in [9.17, 15) is 13.2 Å². The SMILES string of the molecule is N#Cc1cnc2c(ccn2-c2nnsc2C(F)(F)F)c1. The summed E-state index contributed by atoms with van der Waals surface area (Å²) in [6.07, 6.45) is -1.80. The van der Waals surface area contributed by atoms with Gasteiger partial charge in [0, 0.05) is 17.8 Å². The Labute approximate surface area is 114 Å². The number of pyridine rings is 1. The molecule has 0 N–H and O–H groups in total. The van der Waals surface area contributed by atoms with Crippen LogP contribution in [0.5, 0.6) is 0 Å². The Bertz CT molecular complexity index is 827. The summed E-state index contributed by atoms with van der Waals surface area (Å²) in [6.45, 7) is 0. The van der Waals surface area contributed by atoms with E-state index in [0.717, 1.165) is 0 Å². The predicted molar refractivity (Wildman–Crippen MR) is 64.3 cm³/mol. The van der Waals surface area contributed by atoms with Gasteiger partial charge < -0.3 is 0 Å². The maximum Gasteiger partial charge on any atom is 0.430 e. The van der Waals surface area contributed by atoms with Gasteiger partial charge in [0.2, 0.25) is 0 Å². The van der Waals surface area contributed by atoms with Gasteiger partial charge in [-0.3, -0.25) is 4.57 Å². The molecule has 3 aromatic heterocycles. The van der Waals surface area contributed by atoms with Crippen LogP contribution >= 0.6 is 11.5 Å². The van der Waals surface area contributed by atoms with E-state index in [1.165, 1.54) is 17.0 Å². The van der Waals surface area contributed by atoms with Gasteiger partial charge in [0.05, 0.1) is 5.56 Å². The van der Waals surface area contributed by atoms with Crippen molar-refractivity contribution in [3.8, 4) is 11.9 Å². The van der Waals surface area contributed by atoms with Gasteiger partial charge in [-0.2, -0.15) is 18.4 Å². The lowest BCUT2D eigenvalue weighted by molar-refractivity contribution is -0.134. The molecule has 0 radical (unpaired) electrons. The Hall–Kier alpha value is -2.47. The van der Waals surface area contributed by atoms with Gasteiger partial charge in [0.15, 0.2) is 10.7 Å². The molecule has 3 aromatic rings. The molecule has 0 aliphatic carbocycles. The summed E-state index contributed by atoms with van der Waals surface area (Å²) in [4.78, 5) is 3.11. The molecule has 0 bridgehead atoms. The van der Waals surface area contributed by atoms with Crippen molar-refractivity contribution in [1.82, 2.24) is 19.1 Å². The standard InChI is InChI=1S/C11H4F3N5S/c12-11(13,14)8-10(17-18-20-8)19-2-1-7-3-6(4-15)5-16-9(7)19/h1-3,5H. The van der Waals surface area contributed by atoms with Crippen molar-refractivity contribution in [2.45, 2.75) is 6.18 Å². The number of rotatable bonds is 1. The number of aromatic nitrogens is 4. The topological polar surface area (TPSA) is 67.4 Å². The highest BCUT2D eigenvalue weighted by Gasteiger charge is 2.38. The van der Waals surface area contributed by atoms with Gasteiger partial charge >= 0.3 is 6.18 Å². The fraction of sp³-hybridized carbons (Fsp3) is 0.0909. The molecule has 0 saturated heterocycles. The molecule has 0 saturated carbocycles.